The van der Waals surface area contributed by atoms with E-state index in [1.807, 2.05) is 23.1 Å². The lowest BCUT2D eigenvalue weighted by Gasteiger charge is -2.17. The van der Waals surface area contributed by atoms with Crippen LogP contribution in [-0.4, -0.2) is 30.0 Å². The van der Waals surface area contributed by atoms with Gasteiger partial charge in [-0.05, 0) is 36.6 Å². The Labute approximate surface area is 140 Å². The third-order valence-corrected chi connectivity index (χ3v) is 3.98. The average molecular weight is 324 g/mol. The predicted octanol–water partition coefficient (Wildman–Crippen LogP) is 2.57. The van der Waals surface area contributed by atoms with E-state index in [2.05, 4.69) is 21.7 Å². The number of fused-ring (bicyclic) bond motifs is 1. The predicted molar refractivity (Wildman–Crippen MR) is 93.0 cm³/mol. The maximum atomic E-state index is 12.3. The summed E-state index contributed by atoms with van der Waals surface area (Å²) in [5.41, 5.74) is 2.93. The van der Waals surface area contributed by atoms with Crippen molar-refractivity contribution in [3.63, 3.8) is 0 Å². The summed E-state index contributed by atoms with van der Waals surface area (Å²) < 4.78 is 0. The summed E-state index contributed by atoms with van der Waals surface area (Å²) in [5, 5.41) is 5.47. The first-order chi connectivity index (χ1) is 11.7. The van der Waals surface area contributed by atoms with Crippen LogP contribution in [-0.2, 0) is 11.2 Å². The number of nitrogens with zero attached hydrogens (tertiary/aromatic N) is 2. The molecule has 1 aliphatic rings. The van der Waals surface area contributed by atoms with Crippen molar-refractivity contribution in [1.29, 1.82) is 0 Å². The van der Waals surface area contributed by atoms with Crippen LogP contribution in [0.2, 0.25) is 0 Å². The van der Waals surface area contributed by atoms with Crippen LogP contribution in [0.15, 0.2) is 48.8 Å². The van der Waals surface area contributed by atoms with Crippen LogP contribution in [0.3, 0.4) is 0 Å². The molecule has 2 N–H and O–H groups in total. The average Bonchev–Trinajstić information content (AvgIpc) is 3.03. The Balaban J connectivity index is 1.39. The molecular weight excluding hydrogens is 304 g/mol. The van der Waals surface area contributed by atoms with Gasteiger partial charge >= 0.3 is 6.03 Å². The highest BCUT2D eigenvalue weighted by molar-refractivity contribution is 5.95. The number of pyridine rings is 1. The fraction of sp³-hybridized carbons (Fsp3) is 0.278. The number of hydrogen-bond donors (Lipinski definition) is 2. The van der Waals surface area contributed by atoms with Gasteiger partial charge < -0.3 is 15.5 Å². The summed E-state index contributed by atoms with van der Waals surface area (Å²) in [5.74, 6) is 0.108. The molecule has 6 nitrogen and oxygen atoms in total. The number of rotatable bonds is 5. The van der Waals surface area contributed by atoms with Crippen LogP contribution in [0, 0.1) is 0 Å². The highest BCUT2D eigenvalue weighted by Gasteiger charge is 2.23. The van der Waals surface area contributed by atoms with Crippen LogP contribution in [0.5, 0.6) is 0 Å². The zero-order valence-electron chi connectivity index (χ0n) is 13.4. The number of hydrogen-bond acceptors (Lipinski definition) is 3. The molecule has 0 radical (unpaired) electrons. The first kappa shape index (κ1) is 16.0. The maximum Gasteiger partial charge on any atom is 0.319 e. The molecule has 124 valence electrons. The summed E-state index contributed by atoms with van der Waals surface area (Å²) >= 11 is 0. The minimum atomic E-state index is -0.278. The van der Waals surface area contributed by atoms with E-state index in [1.165, 1.54) is 5.56 Å². The summed E-state index contributed by atoms with van der Waals surface area (Å²) in [4.78, 5) is 29.8. The Bertz CT molecular complexity index is 718. The van der Waals surface area contributed by atoms with Crippen molar-refractivity contribution in [2.75, 3.05) is 23.3 Å². The van der Waals surface area contributed by atoms with Crippen molar-refractivity contribution in [2.45, 2.75) is 19.3 Å². The topological polar surface area (TPSA) is 74.3 Å². The molecule has 0 saturated carbocycles. The number of carbonyl (C=O) groups excluding carboxylic acids is 2. The molecule has 0 aliphatic carbocycles. The molecule has 0 fully saturated rings. The highest BCUT2D eigenvalue weighted by Crippen LogP contribution is 2.27. The molecule has 0 bridgehead atoms. The van der Waals surface area contributed by atoms with Gasteiger partial charge in [0, 0.05) is 43.3 Å². The van der Waals surface area contributed by atoms with Crippen LogP contribution < -0.4 is 15.5 Å². The number of aromatic nitrogens is 1. The molecule has 1 aromatic heterocycles. The van der Waals surface area contributed by atoms with Crippen LogP contribution in [0.1, 0.15) is 18.4 Å². The zero-order valence-corrected chi connectivity index (χ0v) is 13.4. The van der Waals surface area contributed by atoms with Crippen molar-refractivity contribution in [1.82, 2.24) is 10.3 Å². The van der Waals surface area contributed by atoms with Crippen molar-refractivity contribution in [3.05, 3.63) is 54.4 Å². The number of benzene rings is 1. The fourth-order valence-corrected chi connectivity index (χ4v) is 2.78. The van der Waals surface area contributed by atoms with Gasteiger partial charge in [-0.25, -0.2) is 4.79 Å². The van der Waals surface area contributed by atoms with Gasteiger partial charge in [-0.15, -0.1) is 0 Å². The first-order valence-electron chi connectivity index (χ1n) is 8.07. The van der Waals surface area contributed by atoms with Gasteiger partial charge in [0.1, 0.15) is 0 Å². The number of anilines is 2. The molecule has 3 rings (SSSR count). The van der Waals surface area contributed by atoms with E-state index in [9.17, 15) is 9.59 Å². The second-order valence-electron chi connectivity index (χ2n) is 5.64. The molecule has 0 saturated heterocycles. The molecule has 6 heteroatoms. The van der Waals surface area contributed by atoms with E-state index in [0.29, 0.717) is 25.1 Å². The summed E-state index contributed by atoms with van der Waals surface area (Å²) in [6.45, 7) is 1.20. The van der Waals surface area contributed by atoms with E-state index in [4.69, 9.17) is 0 Å². The normalized spacial score (nSPS) is 12.6. The Morgan fingerprint density at radius 2 is 1.92 bits per heavy atom. The van der Waals surface area contributed by atoms with Crippen molar-refractivity contribution in [2.24, 2.45) is 0 Å². The molecule has 0 atom stereocenters. The van der Waals surface area contributed by atoms with Crippen LogP contribution >= 0.6 is 0 Å². The fourth-order valence-electron chi connectivity index (χ4n) is 2.78. The number of carbonyl (C=O) groups is 2. The van der Waals surface area contributed by atoms with E-state index in [1.54, 1.807) is 24.5 Å². The van der Waals surface area contributed by atoms with E-state index in [-0.39, 0.29) is 11.9 Å². The minimum Gasteiger partial charge on any atom is -0.338 e. The van der Waals surface area contributed by atoms with Crippen molar-refractivity contribution >= 4 is 23.3 Å². The monoisotopic (exact) mass is 324 g/mol. The van der Waals surface area contributed by atoms with Gasteiger partial charge in [-0.3, -0.25) is 9.78 Å². The largest absolute Gasteiger partial charge is 0.338 e. The smallest absolute Gasteiger partial charge is 0.319 e. The van der Waals surface area contributed by atoms with Crippen LogP contribution in [0.25, 0.3) is 0 Å². The minimum absolute atomic E-state index is 0.108. The molecule has 24 heavy (non-hydrogen) atoms. The van der Waals surface area contributed by atoms with Crippen molar-refractivity contribution in [3.8, 4) is 0 Å². The standard InChI is InChI=1S/C18H20N4O2/c23-17(22-13-9-14-4-1-2-5-16(14)22)6-3-10-20-18(24)21-15-7-11-19-12-8-15/h1-2,4-5,7-8,11-12H,3,6,9-10,13H2,(H2,19,20,21,24). The van der Waals surface area contributed by atoms with Crippen LogP contribution in [0.4, 0.5) is 16.2 Å². The molecule has 1 aliphatic heterocycles. The van der Waals surface area contributed by atoms with Gasteiger partial charge in [0.15, 0.2) is 0 Å². The number of amides is 3. The molecule has 3 amide bonds. The molecule has 0 unspecified atom stereocenters. The number of nitrogens with one attached hydrogen (secondary N) is 2. The summed E-state index contributed by atoms with van der Waals surface area (Å²) in [7, 11) is 0. The quantitative estimate of drug-likeness (QED) is 0.830. The molecular formula is C18H20N4O2. The SMILES string of the molecule is O=C(NCCCC(=O)N1CCc2ccccc21)Nc1ccncc1. The highest BCUT2D eigenvalue weighted by atomic mass is 16.2. The number of para-hydroxylation sites is 1. The second kappa shape index (κ2) is 7.59. The Morgan fingerprint density at radius 3 is 2.75 bits per heavy atom. The zero-order chi connectivity index (χ0) is 16.8. The molecule has 0 spiro atoms. The maximum absolute atomic E-state index is 12.3. The molecule has 2 aromatic rings. The van der Waals surface area contributed by atoms with Gasteiger partial charge in [-0.1, -0.05) is 18.2 Å². The lowest BCUT2D eigenvalue weighted by molar-refractivity contribution is -0.118. The Morgan fingerprint density at radius 1 is 1.12 bits per heavy atom. The third kappa shape index (κ3) is 3.90. The Kier molecular flexibility index (Phi) is 5.05. The Hall–Kier alpha value is -2.89. The molecule has 2 heterocycles. The lowest BCUT2D eigenvalue weighted by atomic mass is 10.2. The first-order valence-corrected chi connectivity index (χ1v) is 8.07. The summed E-state index contributed by atoms with van der Waals surface area (Å²) in [6, 6.07) is 11.2. The lowest BCUT2D eigenvalue weighted by Crippen LogP contribution is -2.32. The second-order valence-corrected chi connectivity index (χ2v) is 5.64. The van der Waals surface area contributed by atoms with E-state index in [0.717, 1.165) is 18.7 Å². The van der Waals surface area contributed by atoms with Gasteiger partial charge in [-0.2, -0.15) is 0 Å². The van der Waals surface area contributed by atoms with E-state index >= 15 is 0 Å². The molecule has 1 aromatic carbocycles. The van der Waals surface area contributed by atoms with Crippen molar-refractivity contribution < 1.29 is 9.59 Å². The van der Waals surface area contributed by atoms with Gasteiger partial charge in [0.2, 0.25) is 5.91 Å². The van der Waals surface area contributed by atoms with Gasteiger partial charge in [0.05, 0.1) is 0 Å². The van der Waals surface area contributed by atoms with Gasteiger partial charge in [0.25, 0.3) is 0 Å². The van der Waals surface area contributed by atoms with E-state index < -0.39 is 0 Å². The number of urea groups is 1. The summed E-state index contributed by atoms with van der Waals surface area (Å²) in [6.07, 6.45) is 5.17. The third-order valence-electron chi connectivity index (χ3n) is 3.98.